The molecule has 0 radical (unpaired) electrons. The monoisotopic (exact) mass is 222 g/mol. The molecule has 2 heterocycles. The summed E-state index contributed by atoms with van der Waals surface area (Å²) in [6.45, 7) is 1.57. The van der Waals surface area contributed by atoms with Crippen LogP contribution in [0.2, 0.25) is 0 Å². The molecule has 16 heavy (non-hydrogen) atoms. The van der Waals surface area contributed by atoms with E-state index in [4.69, 9.17) is 10.2 Å². The van der Waals surface area contributed by atoms with Crippen molar-refractivity contribution in [1.29, 1.82) is 0 Å². The lowest BCUT2D eigenvalue weighted by Crippen LogP contribution is -2.24. The molecular weight excluding hydrogens is 208 g/mol. The summed E-state index contributed by atoms with van der Waals surface area (Å²) in [5.74, 6) is -0.231. The molecule has 2 N–H and O–H groups in total. The number of hydrogen-bond donors (Lipinski definition) is 2. The predicted octanol–water partition coefficient (Wildman–Crippen LogP) is 0.598. The van der Waals surface area contributed by atoms with Gasteiger partial charge in [-0.1, -0.05) is 0 Å². The maximum Gasteiger partial charge on any atom is 0.339 e. The van der Waals surface area contributed by atoms with Crippen molar-refractivity contribution in [3.05, 3.63) is 23.9 Å². The second-order valence-electron chi connectivity index (χ2n) is 3.96. The van der Waals surface area contributed by atoms with E-state index in [1.54, 1.807) is 18.3 Å². The molecule has 0 bridgehead atoms. The average Bonchev–Trinajstić information content (AvgIpc) is 2.77. The number of rotatable bonds is 3. The second-order valence-corrected chi connectivity index (χ2v) is 3.96. The maximum absolute atomic E-state index is 11.0. The number of aromatic nitrogens is 1. The van der Waals surface area contributed by atoms with Crippen LogP contribution in [0.3, 0.4) is 0 Å². The van der Waals surface area contributed by atoms with Crippen LogP contribution in [-0.4, -0.2) is 40.9 Å². The third-order valence-electron chi connectivity index (χ3n) is 2.86. The molecular formula is C11H14N2O3. The van der Waals surface area contributed by atoms with Gasteiger partial charge in [-0.25, -0.2) is 9.78 Å². The molecule has 0 amide bonds. The lowest BCUT2D eigenvalue weighted by Gasteiger charge is -2.18. The number of hydrogen-bond acceptors (Lipinski definition) is 4. The number of carboxylic acid groups (broad SMARTS) is 1. The van der Waals surface area contributed by atoms with E-state index in [0.29, 0.717) is 12.4 Å². The van der Waals surface area contributed by atoms with Gasteiger partial charge in [0, 0.05) is 31.8 Å². The van der Waals surface area contributed by atoms with Gasteiger partial charge in [-0.05, 0) is 18.6 Å². The molecule has 0 saturated carbocycles. The van der Waals surface area contributed by atoms with Gasteiger partial charge in [-0.15, -0.1) is 0 Å². The molecule has 5 heteroatoms. The van der Waals surface area contributed by atoms with Gasteiger partial charge in [0.15, 0.2) is 0 Å². The fourth-order valence-electron chi connectivity index (χ4n) is 1.99. The second kappa shape index (κ2) is 4.49. The SMILES string of the molecule is O=C(O)c1cccnc1N1CCC(CO)C1. The molecule has 0 spiro atoms. The van der Waals surface area contributed by atoms with Crippen LogP contribution in [0.4, 0.5) is 5.82 Å². The predicted molar refractivity (Wildman–Crippen MR) is 58.6 cm³/mol. The Morgan fingerprint density at radius 1 is 1.62 bits per heavy atom. The molecule has 1 unspecified atom stereocenters. The minimum absolute atomic E-state index is 0.145. The molecule has 1 saturated heterocycles. The summed E-state index contributed by atoms with van der Waals surface area (Å²) in [5, 5.41) is 18.1. The fourth-order valence-corrected chi connectivity index (χ4v) is 1.99. The molecule has 0 aromatic carbocycles. The molecule has 1 aromatic heterocycles. The van der Waals surface area contributed by atoms with E-state index in [-0.39, 0.29) is 18.1 Å². The first-order valence-corrected chi connectivity index (χ1v) is 5.26. The van der Waals surface area contributed by atoms with E-state index < -0.39 is 5.97 Å². The number of nitrogens with zero attached hydrogens (tertiary/aromatic N) is 2. The standard InChI is InChI=1S/C11H14N2O3/c14-7-8-3-5-13(6-8)10-9(11(15)16)2-1-4-12-10/h1-2,4,8,14H,3,5-7H2,(H,15,16). The van der Waals surface area contributed by atoms with E-state index in [0.717, 1.165) is 13.0 Å². The summed E-state index contributed by atoms with van der Waals surface area (Å²) in [4.78, 5) is 17.0. The number of aromatic carboxylic acids is 1. The number of carboxylic acids is 1. The largest absolute Gasteiger partial charge is 0.478 e. The van der Waals surface area contributed by atoms with Gasteiger partial charge in [-0.2, -0.15) is 0 Å². The van der Waals surface area contributed by atoms with Crippen molar-refractivity contribution in [3.63, 3.8) is 0 Å². The lowest BCUT2D eigenvalue weighted by atomic mass is 10.1. The zero-order chi connectivity index (χ0) is 11.5. The molecule has 2 rings (SSSR count). The topological polar surface area (TPSA) is 73.7 Å². The number of anilines is 1. The molecule has 1 fully saturated rings. The van der Waals surface area contributed by atoms with Crippen molar-refractivity contribution < 1.29 is 15.0 Å². The van der Waals surface area contributed by atoms with Crippen LogP contribution in [0.25, 0.3) is 0 Å². The molecule has 1 aliphatic heterocycles. The first-order valence-electron chi connectivity index (χ1n) is 5.26. The van der Waals surface area contributed by atoms with Crippen LogP contribution in [0, 0.1) is 5.92 Å². The highest BCUT2D eigenvalue weighted by Gasteiger charge is 2.25. The van der Waals surface area contributed by atoms with Gasteiger partial charge < -0.3 is 15.1 Å². The first kappa shape index (κ1) is 10.9. The smallest absolute Gasteiger partial charge is 0.339 e. The van der Waals surface area contributed by atoms with Crippen molar-refractivity contribution in [1.82, 2.24) is 4.98 Å². The highest BCUT2D eigenvalue weighted by molar-refractivity contribution is 5.93. The van der Waals surface area contributed by atoms with Crippen molar-refractivity contribution >= 4 is 11.8 Å². The Balaban J connectivity index is 2.24. The molecule has 1 aromatic rings. The minimum Gasteiger partial charge on any atom is -0.478 e. The molecule has 1 atom stereocenters. The normalized spacial score (nSPS) is 20.1. The fraction of sp³-hybridized carbons (Fsp3) is 0.455. The number of pyridine rings is 1. The van der Waals surface area contributed by atoms with E-state index in [9.17, 15) is 4.79 Å². The van der Waals surface area contributed by atoms with Crippen LogP contribution < -0.4 is 4.90 Å². The molecule has 0 aliphatic carbocycles. The quantitative estimate of drug-likeness (QED) is 0.783. The van der Waals surface area contributed by atoms with Crippen LogP contribution in [0.5, 0.6) is 0 Å². The van der Waals surface area contributed by atoms with Crippen molar-refractivity contribution in [3.8, 4) is 0 Å². The summed E-state index contributed by atoms with van der Waals surface area (Å²) >= 11 is 0. The van der Waals surface area contributed by atoms with E-state index in [1.165, 1.54) is 0 Å². The molecule has 86 valence electrons. The number of aliphatic hydroxyl groups is 1. The van der Waals surface area contributed by atoms with Crippen molar-refractivity contribution in [2.45, 2.75) is 6.42 Å². The van der Waals surface area contributed by atoms with Crippen LogP contribution >= 0.6 is 0 Å². The third kappa shape index (κ3) is 1.99. The highest BCUT2D eigenvalue weighted by atomic mass is 16.4. The van der Waals surface area contributed by atoms with Gasteiger partial charge in [0.05, 0.1) is 0 Å². The Morgan fingerprint density at radius 3 is 3.06 bits per heavy atom. The van der Waals surface area contributed by atoms with Gasteiger partial charge in [0.1, 0.15) is 11.4 Å². The zero-order valence-electron chi connectivity index (χ0n) is 8.83. The Bertz CT molecular complexity index is 395. The highest BCUT2D eigenvalue weighted by Crippen LogP contribution is 2.24. The summed E-state index contributed by atoms with van der Waals surface area (Å²) in [5.41, 5.74) is 0.223. The van der Waals surface area contributed by atoms with Crippen LogP contribution in [-0.2, 0) is 0 Å². The Morgan fingerprint density at radius 2 is 2.44 bits per heavy atom. The van der Waals surface area contributed by atoms with Gasteiger partial charge in [-0.3, -0.25) is 0 Å². The van der Waals surface area contributed by atoms with Gasteiger partial charge >= 0.3 is 5.97 Å². The van der Waals surface area contributed by atoms with Gasteiger partial charge in [0.25, 0.3) is 0 Å². The van der Waals surface area contributed by atoms with Gasteiger partial charge in [0.2, 0.25) is 0 Å². The third-order valence-corrected chi connectivity index (χ3v) is 2.86. The first-order chi connectivity index (χ1) is 7.72. The number of carbonyl (C=O) groups is 1. The average molecular weight is 222 g/mol. The molecule has 5 nitrogen and oxygen atoms in total. The molecule has 1 aliphatic rings. The van der Waals surface area contributed by atoms with E-state index in [2.05, 4.69) is 4.98 Å². The van der Waals surface area contributed by atoms with Crippen molar-refractivity contribution in [2.75, 3.05) is 24.6 Å². The minimum atomic E-state index is -0.962. The summed E-state index contributed by atoms with van der Waals surface area (Å²) in [7, 11) is 0. The summed E-state index contributed by atoms with van der Waals surface area (Å²) < 4.78 is 0. The van der Waals surface area contributed by atoms with Crippen molar-refractivity contribution in [2.24, 2.45) is 5.92 Å². The lowest BCUT2D eigenvalue weighted by molar-refractivity contribution is 0.0697. The summed E-state index contributed by atoms with van der Waals surface area (Å²) in [6, 6.07) is 3.17. The van der Waals surface area contributed by atoms with E-state index >= 15 is 0 Å². The zero-order valence-corrected chi connectivity index (χ0v) is 8.83. The Kier molecular flexibility index (Phi) is 3.05. The Hall–Kier alpha value is -1.62. The summed E-state index contributed by atoms with van der Waals surface area (Å²) in [6.07, 6.45) is 2.47. The van der Waals surface area contributed by atoms with Crippen LogP contribution in [0.15, 0.2) is 18.3 Å². The maximum atomic E-state index is 11.0. The Labute approximate surface area is 93.3 Å². The van der Waals surface area contributed by atoms with Crippen LogP contribution in [0.1, 0.15) is 16.8 Å². The van der Waals surface area contributed by atoms with E-state index in [1.807, 2.05) is 4.90 Å². The number of aliphatic hydroxyl groups excluding tert-OH is 1.